The van der Waals surface area contributed by atoms with E-state index >= 15 is 0 Å². The highest BCUT2D eigenvalue weighted by Crippen LogP contribution is 2.38. The van der Waals surface area contributed by atoms with E-state index in [4.69, 9.17) is 4.42 Å². The van der Waals surface area contributed by atoms with E-state index in [9.17, 15) is 14.4 Å². The minimum atomic E-state index is -0.885. The number of carbonyl (C=O) groups is 3. The third-order valence-electron chi connectivity index (χ3n) is 5.86. The van der Waals surface area contributed by atoms with Crippen molar-refractivity contribution < 1.29 is 18.8 Å². The van der Waals surface area contributed by atoms with Gasteiger partial charge in [0, 0.05) is 24.0 Å². The SMILES string of the molecule is C[C@]12CN(C(=O)c3cc4ccccc4o3)C[C@H]1NC(=O)c1ccccc1C2=O. The number of nitrogens with one attached hydrogen (secondary N) is 1. The van der Waals surface area contributed by atoms with Crippen molar-refractivity contribution in [2.24, 2.45) is 5.41 Å². The van der Waals surface area contributed by atoms with Crippen molar-refractivity contribution in [2.45, 2.75) is 13.0 Å². The molecule has 1 N–H and O–H groups in total. The number of hydrogen-bond acceptors (Lipinski definition) is 4. The molecule has 3 aromatic rings. The Morgan fingerprint density at radius 1 is 1.11 bits per heavy atom. The van der Waals surface area contributed by atoms with Gasteiger partial charge in [-0.05, 0) is 25.1 Å². The molecule has 6 heteroatoms. The van der Waals surface area contributed by atoms with Crippen LogP contribution in [-0.4, -0.2) is 41.6 Å². The summed E-state index contributed by atoms with van der Waals surface area (Å²) >= 11 is 0. The van der Waals surface area contributed by atoms with E-state index in [2.05, 4.69) is 5.32 Å². The van der Waals surface area contributed by atoms with Crippen LogP contribution in [0.1, 0.15) is 38.2 Å². The molecule has 2 atom stereocenters. The Morgan fingerprint density at radius 2 is 1.82 bits per heavy atom. The number of carbonyl (C=O) groups excluding carboxylic acids is 3. The zero-order chi connectivity index (χ0) is 19.5. The highest BCUT2D eigenvalue weighted by atomic mass is 16.3. The molecule has 1 aromatic heterocycles. The van der Waals surface area contributed by atoms with E-state index in [1.54, 1.807) is 35.2 Å². The average Bonchev–Trinajstić information content (AvgIpc) is 3.27. The summed E-state index contributed by atoms with van der Waals surface area (Å²) in [6.07, 6.45) is 0. The van der Waals surface area contributed by atoms with Gasteiger partial charge in [-0.25, -0.2) is 0 Å². The summed E-state index contributed by atoms with van der Waals surface area (Å²) in [5, 5.41) is 3.80. The molecule has 2 aliphatic heterocycles. The Balaban J connectivity index is 1.49. The number of nitrogens with zero attached hydrogens (tertiary/aromatic N) is 1. The summed E-state index contributed by atoms with van der Waals surface area (Å²) in [6.45, 7) is 2.30. The Labute approximate surface area is 161 Å². The number of ketones is 1. The van der Waals surface area contributed by atoms with Gasteiger partial charge in [0.05, 0.1) is 17.0 Å². The molecule has 2 amide bonds. The maximum atomic E-state index is 13.3. The van der Waals surface area contributed by atoms with E-state index in [0.717, 1.165) is 5.39 Å². The van der Waals surface area contributed by atoms with Crippen LogP contribution in [0, 0.1) is 5.41 Å². The van der Waals surface area contributed by atoms with Gasteiger partial charge in [-0.1, -0.05) is 36.4 Å². The van der Waals surface area contributed by atoms with E-state index in [-0.39, 0.29) is 36.4 Å². The maximum absolute atomic E-state index is 13.3. The molecular formula is C22H18N2O4. The van der Waals surface area contributed by atoms with Gasteiger partial charge in [-0.15, -0.1) is 0 Å². The van der Waals surface area contributed by atoms with Crippen LogP contribution in [0.25, 0.3) is 11.0 Å². The van der Waals surface area contributed by atoms with Crippen molar-refractivity contribution in [3.05, 3.63) is 71.5 Å². The number of furan rings is 1. The number of hydrogen-bond donors (Lipinski definition) is 1. The van der Waals surface area contributed by atoms with Gasteiger partial charge in [0.2, 0.25) is 0 Å². The highest BCUT2D eigenvalue weighted by Gasteiger charge is 2.53. The molecule has 3 heterocycles. The summed E-state index contributed by atoms with van der Waals surface area (Å²) in [4.78, 5) is 40.5. The van der Waals surface area contributed by atoms with Crippen LogP contribution >= 0.6 is 0 Å². The van der Waals surface area contributed by atoms with Crippen molar-refractivity contribution in [1.82, 2.24) is 10.2 Å². The fourth-order valence-corrected chi connectivity index (χ4v) is 4.25. The predicted octanol–water partition coefficient (Wildman–Crippen LogP) is 2.89. The molecule has 1 saturated heterocycles. The third-order valence-corrected chi connectivity index (χ3v) is 5.86. The summed E-state index contributed by atoms with van der Waals surface area (Å²) in [5.74, 6) is -0.441. The standard InChI is InChI=1S/C22H18N2O4/c1-22-12-24(21(27)17-10-13-6-2-5-9-16(13)28-17)11-18(22)23-20(26)15-8-4-3-7-14(15)19(22)25/h2-10,18H,11-12H2,1H3,(H,23,26)/t18-,22+/m1/s1. The first-order chi connectivity index (χ1) is 13.5. The van der Waals surface area contributed by atoms with Gasteiger partial charge in [-0.3, -0.25) is 14.4 Å². The summed E-state index contributed by atoms with van der Waals surface area (Å²) in [7, 11) is 0. The smallest absolute Gasteiger partial charge is 0.289 e. The molecule has 28 heavy (non-hydrogen) atoms. The van der Waals surface area contributed by atoms with Gasteiger partial charge < -0.3 is 14.6 Å². The summed E-state index contributed by atoms with van der Waals surface area (Å²) < 4.78 is 5.69. The molecule has 2 aliphatic rings. The number of para-hydroxylation sites is 1. The molecule has 140 valence electrons. The van der Waals surface area contributed by atoms with Crippen LogP contribution in [0.15, 0.2) is 59.0 Å². The minimum absolute atomic E-state index is 0.119. The first kappa shape index (κ1) is 16.7. The number of likely N-dealkylation sites (tertiary alicyclic amines) is 1. The number of amides is 2. The van der Waals surface area contributed by atoms with Crippen molar-refractivity contribution >= 4 is 28.6 Å². The topological polar surface area (TPSA) is 79.6 Å². The van der Waals surface area contributed by atoms with Crippen molar-refractivity contribution in [3.63, 3.8) is 0 Å². The fraction of sp³-hybridized carbons (Fsp3) is 0.227. The molecule has 6 nitrogen and oxygen atoms in total. The Hall–Kier alpha value is -3.41. The van der Waals surface area contributed by atoms with Crippen LogP contribution in [-0.2, 0) is 0 Å². The van der Waals surface area contributed by atoms with Gasteiger partial charge in [-0.2, -0.15) is 0 Å². The van der Waals surface area contributed by atoms with Crippen molar-refractivity contribution in [1.29, 1.82) is 0 Å². The van der Waals surface area contributed by atoms with E-state index in [0.29, 0.717) is 16.7 Å². The Kier molecular flexibility index (Phi) is 3.46. The molecule has 0 spiro atoms. The lowest BCUT2D eigenvalue weighted by Gasteiger charge is -2.26. The molecule has 0 radical (unpaired) electrons. The van der Waals surface area contributed by atoms with Crippen LogP contribution in [0.5, 0.6) is 0 Å². The lowest BCUT2D eigenvalue weighted by atomic mass is 9.78. The van der Waals surface area contributed by atoms with Crippen LogP contribution in [0.2, 0.25) is 0 Å². The largest absolute Gasteiger partial charge is 0.451 e. The second-order valence-electron chi connectivity index (χ2n) is 7.65. The van der Waals surface area contributed by atoms with Gasteiger partial charge >= 0.3 is 0 Å². The number of Topliss-reactive ketones (excluding diaryl/α,β-unsaturated/α-hetero) is 1. The Morgan fingerprint density at radius 3 is 2.61 bits per heavy atom. The van der Waals surface area contributed by atoms with E-state index < -0.39 is 11.5 Å². The summed E-state index contributed by atoms with van der Waals surface area (Å²) in [5.41, 5.74) is 0.550. The first-order valence-corrected chi connectivity index (χ1v) is 9.20. The van der Waals surface area contributed by atoms with Gasteiger partial charge in [0.1, 0.15) is 5.58 Å². The van der Waals surface area contributed by atoms with Gasteiger partial charge in [0.25, 0.3) is 11.8 Å². The number of fused-ring (bicyclic) bond motifs is 3. The number of rotatable bonds is 1. The molecule has 0 bridgehead atoms. The maximum Gasteiger partial charge on any atom is 0.289 e. The molecular weight excluding hydrogens is 356 g/mol. The average molecular weight is 374 g/mol. The predicted molar refractivity (Wildman–Crippen MR) is 102 cm³/mol. The normalized spacial score (nSPS) is 23.9. The van der Waals surface area contributed by atoms with Crippen LogP contribution < -0.4 is 5.32 Å². The first-order valence-electron chi connectivity index (χ1n) is 9.20. The quantitative estimate of drug-likeness (QED) is 0.710. The summed E-state index contributed by atoms with van der Waals surface area (Å²) in [6, 6.07) is 15.5. The number of benzene rings is 2. The van der Waals surface area contributed by atoms with E-state index in [1.807, 2.05) is 31.2 Å². The lowest BCUT2D eigenvalue weighted by molar-refractivity contribution is 0.0719. The zero-order valence-electron chi connectivity index (χ0n) is 15.3. The molecule has 0 saturated carbocycles. The van der Waals surface area contributed by atoms with Crippen LogP contribution in [0.3, 0.4) is 0 Å². The second-order valence-corrected chi connectivity index (χ2v) is 7.65. The Bertz CT molecular complexity index is 1120. The van der Waals surface area contributed by atoms with Crippen molar-refractivity contribution in [2.75, 3.05) is 13.1 Å². The molecule has 0 unspecified atom stereocenters. The molecule has 0 aliphatic carbocycles. The molecule has 1 fully saturated rings. The fourth-order valence-electron chi connectivity index (χ4n) is 4.25. The third kappa shape index (κ3) is 2.30. The van der Waals surface area contributed by atoms with Crippen LogP contribution in [0.4, 0.5) is 0 Å². The highest BCUT2D eigenvalue weighted by molar-refractivity contribution is 6.13. The van der Waals surface area contributed by atoms with Crippen molar-refractivity contribution in [3.8, 4) is 0 Å². The zero-order valence-corrected chi connectivity index (χ0v) is 15.3. The lowest BCUT2D eigenvalue weighted by Crippen LogP contribution is -2.47. The molecule has 2 aromatic carbocycles. The van der Waals surface area contributed by atoms with E-state index in [1.165, 1.54) is 0 Å². The second kappa shape index (κ2) is 5.79. The van der Waals surface area contributed by atoms with Gasteiger partial charge in [0.15, 0.2) is 11.5 Å². The monoisotopic (exact) mass is 374 g/mol. The minimum Gasteiger partial charge on any atom is -0.451 e. The molecule has 5 rings (SSSR count).